The molecule has 0 bridgehead atoms. The Balaban J connectivity index is 2.03. The van der Waals surface area contributed by atoms with Crippen LogP contribution in [0.25, 0.3) is 0 Å². The van der Waals surface area contributed by atoms with Crippen molar-refractivity contribution < 1.29 is 5.11 Å². The minimum Gasteiger partial charge on any atom is -0.387 e. The maximum atomic E-state index is 10.1. The summed E-state index contributed by atoms with van der Waals surface area (Å²) in [4.78, 5) is 8.05. The maximum absolute atomic E-state index is 10.1. The molecular formula is C13H13Cl2N3O. The van der Waals surface area contributed by atoms with Crippen LogP contribution in [0.4, 0.5) is 5.82 Å². The lowest BCUT2D eigenvalue weighted by Gasteiger charge is -2.13. The monoisotopic (exact) mass is 297 g/mol. The third-order valence-corrected chi connectivity index (χ3v) is 2.99. The van der Waals surface area contributed by atoms with Gasteiger partial charge in [-0.1, -0.05) is 23.2 Å². The van der Waals surface area contributed by atoms with Crippen molar-refractivity contribution in [1.29, 1.82) is 0 Å². The summed E-state index contributed by atoms with van der Waals surface area (Å²) in [6, 6.07) is 6.80. The van der Waals surface area contributed by atoms with Crippen LogP contribution in [0, 0.1) is 6.92 Å². The average molecular weight is 298 g/mol. The van der Waals surface area contributed by atoms with Gasteiger partial charge in [-0.2, -0.15) is 0 Å². The van der Waals surface area contributed by atoms with Gasteiger partial charge in [-0.25, -0.2) is 9.97 Å². The smallest absolute Gasteiger partial charge is 0.129 e. The van der Waals surface area contributed by atoms with Crippen LogP contribution in [0.2, 0.25) is 10.0 Å². The fourth-order valence-corrected chi connectivity index (χ4v) is 2.18. The number of nitrogens with zero attached hydrogens (tertiary/aromatic N) is 2. The van der Waals surface area contributed by atoms with Crippen LogP contribution in [0.5, 0.6) is 0 Å². The molecule has 0 aliphatic heterocycles. The number of hydrogen-bond acceptors (Lipinski definition) is 4. The minimum atomic E-state index is -0.716. The van der Waals surface area contributed by atoms with E-state index in [1.165, 1.54) is 6.33 Å². The Morgan fingerprint density at radius 3 is 2.47 bits per heavy atom. The molecule has 1 atom stereocenters. The van der Waals surface area contributed by atoms with Crippen LogP contribution >= 0.6 is 23.2 Å². The van der Waals surface area contributed by atoms with E-state index in [2.05, 4.69) is 15.3 Å². The highest BCUT2D eigenvalue weighted by molar-refractivity contribution is 6.34. The van der Waals surface area contributed by atoms with Crippen molar-refractivity contribution in [2.24, 2.45) is 0 Å². The van der Waals surface area contributed by atoms with E-state index < -0.39 is 6.10 Å². The van der Waals surface area contributed by atoms with Gasteiger partial charge in [0.15, 0.2) is 0 Å². The molecule has 1 unspecified atom stereocenters. The lowest BCUT2D eigenvalue weighted by molar-refractivity contribution is 0.191. The Morgan fingerprint density at radius 1 is 1.16 bits per heavy atom. The highest BCUT2D eigenvalue weighted by atomic mass is 35.5. The molecule has 2 aromatic rings. The van der Waals surface area contributed by atoms with E-state index in [-0.39, 0.29) is 0 Å². The first-order valence-corrected chi connectivity index (χ1v) is 6.47. The molecule has 0 spiro atoms. The fraction of sp³-hybridized carbons (Fsp3) is 0.231. The summed E-state index contributed by atoms with van der Waals surface area (Å²) in [7, 11) is 0. The number of rotatable bonds is 4. The topological polar surface area (TPSA) is 58.0 Å². The quantitative estimate of drug-likeness (QED) is 0.910. The predicted molar refractivity (Wildman–Crippen MR) is 76.7 cm³/mol. The second-order valence-corrected chi connectivity index (χ2v) is 5.02. The summed E-state index contributed by atoms with van der Waals surface area (Å²) >= 11 is 11.8. The molecule has 1 aromatic carbocycles. The summed E-state index contributed by atoms with van der Waals surface area (Å²) in [5.74, 6) is 0.666. The number of hydrogen-bond donors (Lipinski definition) is 2. The largest absolute Gasteiger partial charge is 0.387 e. The Bertz CT molecular complexity index is 557. The number of benzene rings is 1. The van der Waals surface area contributed by atoms with Crippen molar-refractivity contribution >= 4 is 29.0 Å². The van der Waals surface area contributed by atoms with Gasteiger partial charge in [0.1, 0.15) is 12.1 Å². The number of aliphatic hydroxyl groups is 1. The number of anilines is 1. The Morgan fingerprint density at radius 2 is 1.84 bits per heavy atom. The van der Waals surface area contributed by atoms with E-state index in [4.69, 9.17) is 23.2 Å². The van der Waals surface area contributed by atoms with Crippen molar-refractivity contribution in [2.75, 3.05) is 11.9 Å². The van der Waals surface area contributed by atoms with Crippen molar-refractivity contribution in [3.63, 3.8) is 0 Å². The molecule has 1 aromatic heterocycles. The lowest BCUT2D eigenvalue weighted by atomic mass is 10.1. The molecule has 100 valence electrons. The van der Waals surface area contributed by atoms with Crippen LogP contribution < -0.4 is 5.32 Å². The molecule has 0 aliphatic rings. The lowest BCUT2D eigenvalue weighted by Crippen LogP contribution is -2.13. The number of halogens is 2. The Kier molecular flexibility index (Phi) is 4.58. The molecule has 0 radical (unpaired) electrons. The van der Waals surface area contributed by atoms with Gasteiger partial charge in [-0.15, -0.1) is 0 Å². The normalized spacial score (nSPS) is 12.2. The first-order chi connectivity index (χ1) is 9.04. The van der Waals surface area contributed by atoms with Gasteiger partial charge >= 0.3 is 0 Å². The van der Waals surface area contributed by atoms with E-state index in [1.807, 2.05) is 6.92 Å². The fourth-order valence-electron chi connectivity index (χ4n) is 1.64. The molecule has 2 N–H and O–H groups in total. The van der Waals surface area contributed by atoms with Gasteiger partial charge in [0.05, 0.1) is 6.10 Å². The number of nitrogens with one attached hydrogen (secondary N) is 1. The van der Waals surface area contributed by atoms with Crippen molar-refractivity contribution in [1.82, 2.24) is 9.97 Å². The van der Waals surface area contributed by atoms with Gasteiger partial charge in [-0.3, -0.25) is 0 Å². The summed E-state index contributed by atoms with van der Waals surface area (Å²) in [5.41, 5.74) is 1.52. The third kappa shape index (κ3) is 4.06. The van der Waals surface area contributed by atoms with Gasteiger partial charge in [0.2, 0.25) is 0 Å². The van der Waals surface area contributed by atoms with Gasteiger partial charge in [-0.05, 0) is 30.7 Å². The zero-order valence-electron chi connectivity index (χ0n) is 10.3. The summed E-state index contributed by atoms with van der Waals surface area (Å²) < 4.78 is 0. The van der Waals surface area contributed by atoms with Crippen molar-refractivity contribution in [3.05, 3.63) is 51.9 Å². The predicted octanol–water partition coefficient (Wildman–Crippen LogP) is 3.24. The number of aliphatic hydroxyl groups excluding tert-OH is 1. The van der Waals surface area contributed by atoms with Gasteiger partial charge in [0.25, 0.3) is 0 Å². The molecule has 2 rings (SSSR count). The molecular weight excluding hydrogens is 285 g/mol. The Hall–Kier alpha value is -1.36. The van der Waals surface area contributed by atoms with Crippen molar-refractivity contribution in [2.45, 2.75) is 13.0 Å². The number of aryl methyl sites for hydroxylation is 1. The van der Waals surface area contributed by atoms with Crippen LogP contribution in [0.3, 0.4) is 0 Å². The molecule has 1 heterocycles. The summed E-state index contributed by atoms with van der Waals surface area (Å²) in [5, 5.41) is 14.1. The maximum Gasteiger partial charge on any atom is 0.129 e. The highest BCUT2D eigenvalue weighted by Crippen LogP contribution is 2.23. The van der Waals surface area contributed by atoms with Crippen LogP contribution in [0.1, 0.15) is 17.4 Å². The van der Waals surface area contributed by atoms with Crippen molar-refractivity contribution in [3.8, 4) is 0 Å². The van der Waals surface area contributed by atoms with E-state index in [1.54, 1.807) is 24.3 Å². The van der Waals surface area contributed by atoms with Gasteiger partial charge in [0, 0.05) is 28.4 Å². The second-order valence-electron chi connectivity index (χ2n) is 4.14. The molecule has 0 fully saturated rings. The van der Waals surface area contributed by atoms with E-state index >= 15 is 0 Å². The summed E-state index contributed by atoms with van der Waals surface area (Å²) in [6.45, 7) is 2.19. The van der Waals surface area contributed by atoms with E-state index in [0.29, 0.717) is 28.0 Å². The third-order valence-electron chi connectivity index (χ3n) is 2.55. The van der Waals surface area contributed by atoms with Crippen LogP contribution in [-0.4, -0.2) is 21.6 Å². The molecule has 6 heteroatoms. The molecule has 0 saturated heterocycles. The molecule has 19 heavy (non-hydrogen) atoms. The first kappa shape index (κ1) is 14.1. The standard InChI is InChI=1S/C13H13Cl2N3O/c1-8-2-13(18-7-17-8)16-6-12(19)9-3-10(14)5-11(15)4-9/h2-5,7,12,19H,6H2,1H3,(H,16,17,18). The average Bonchev–Trinajstić information content (AvgIpc) is 2.35. The highest BCUT2D eigenvalue weighted by Gasteiger charge is 2.09. The SMILES string of the molecule is Cc1cc(NCC(O)c2cc(Cl)cc(Cl)c2)ncn1. The molecule has 0 saturated carbocycles. The van der Waals surface area contributed by atoms with Crippen LogP contribution in [0.15, 0.2) is 30.6 Å². The Labute approximate surface area is 121 Å². The minimum absolute atomic E-state index is 0.313. The zero-order valence-corrected chi connectivity index (χ0v) is 11.8. The van der Waals surface area contributed by atoms with E-state index in [9.17, 15) is 5.11 Å². The molecule has 0 amide bonds. The summed E-state index contributed by atoms with van der Waals surface area (Å²) in [6.07, 6.45) is 0.756. The van der Waals surface area contributed by atoms with E-state index in [0.717, 1.165) is 5.69 Å². The molecule has 4 nitrogen and oxygen atoms in total. The molecule has 0 aliphatic carbocycles. The second kappa shape index (κ2) is 6.19. The first-order valence-electron chi connectivity index (χ1n) is 5.71. The number of aromatic nitrogens is 2. The van der Waals surface area contributed by atoms with Gasteiger partial charge < -0.3 is 10.4 Å². The zero-order chi connectivity index (χ0) is 13.8. The van der Waals surface area contributed by atoms with Crippen LogP contribution in [-0.2, 0) is 0 Å².